The summed E-state index contributed by atoms with van der Waals surface area (Å²) in [4.78, 5) is 0. The fourth-order valence-electron chi connectivity index (χ4n) is 4.04. The van der Waals surface area contributed by atoms with E-state index >= 15 is 0 Å². The Labute approximate surface area is 136 Å². The highest BCUT2D eigenvalue weighted by molar-refractivity contribution is 5.32. The standard InChI is InChI=1S/C19H24FN3/c20-16-8-6-14(7-9-16)13-23-18-10-11-21-12-17(18)19(22-23)15-4-2-1-3-5-15/h6-9,15,21H,1-5,10-13H2. The van der Waals surface area contributed by atoms with Crippen LogP contribution in [0.3, 0.4) is 0 Å². The van der Waals surface area contributed by atoms with E-state index in [0.717, 1.165) is 31.6 Å². The molecule has 1 aromatic carbocycles. The van der Waals surface area contributed by atoms with Crippen LogP contribution in [0.15, 0.2) is 24.3 Å². The molecular weight excluding hydrogens is 289 g/mol. The molecule has 0 spiro atoms. The van der Waals surface area contributed by atoms with E-state index in [1.807, 2.05) is 12.1 Å². The van der Waals surface area contributed by atoms with Crippen molar-refractivity contribution in [2.24, 2.45) is 0 Å². The van der Waals surface area contributed by atoms with Crippen molar-refractivity contribution in [3.05, 3.63) is 52.6 Å². The Bertz CT molecular complexity index is 669. The van der Waals surface area contributed by atoms with Crippen molar-refractivity contribution in [2.75, 3.05) is 6.54 Å². The largest absolute Gasteiger partial charge is 0.312 e. The minimum absolute atomic E-state index is 0.177. The monoisotopic (exact) mass is 313 g/mol. The van der Waals surface area contributed by atoms with Gasteiger partial charge in [0.05, 0.1) is 12.2 Å². The Morgan fingerprint density at radius 3 is 2.70 bits per heavy atom. The van der Waals surface area contributed by atoms with E-state index in [1.165, 1.54) is 61.2 Å². The highest BCUT2D eigenvalue weighted by Crippen LogP contribution is 2.35. The minimum Gasteiger partial charge on any atom is -0.312 e. The summed E-state index contributed by atoms with van der Waals surface area (Å²) in [5.74, 6) is 0.454. The SMILES string of the molecule is Fc1ccc(Cn2nc(C3CCCCC3)c3c2CCNC3)cc1. The van der Waals surface area contributed by atoms with Gasteiger partial charge in [-0.25, -0.2) is 4.39 Å². The number of hydrogen-bond donors (Lipinski definition) is 1. The van der Waals surface area contributed by atoms with Crippen LogP contribution in [0.1, 0.15) is 60.5 Å². The second kappa shape index (κ2) is 6.44. The van der Waals surface area contributed by atoms with Crippen LogP contribution >= 0.6 is 0 Å². The van der Waals surface area contributed by atoms with E-state index in [1.54, 1.807) is 0 Å². The number of nitrogens with zero attached hydrogens (tertiary/aromatic N) is 2. The van der Waals surface area contributed by atoms with Gasteiger partial charge in [-0.15, -0.1) is 0 Å². The van der Waals surface area contributed by atoms with E-state index in [4.69, 9.17) is 5.10 Å². The fraction of sp³-hybridized carbons (Fsp3) is 0.526. The lowest BCUT2D eigenvalue weighted by atomic mass is 9.84. The number of halogens is 1. The van der Waals surface area contributed by atoms with Crippen LogP contribution in [-0.2, 0) is 19.5 Å². The quantitative estimate of drug-likeness (QED) is 0.935. The Morgan fingerprint density at radius 1 is 1.13 bits per heavy atom. The summed E-state index contributed by atoms with van der Waals surface area (Å²) in [5.41, 5.74) is 5.26. The molecule has 0 bridgehead atoms. The van der Waals surface area contributed by atoms with Gasteiger partial charge in [-0.3, -0.25) is 4.68 Å². The summed E-state index contributed by atoms with van der Waals surface area (Å²) in [7, 11) is 0. The molecule has 1 aliphatic carbocycles. The summed E-state index contributed by atoms with van der Waals surface area (Å²) in [6.07, 6.45) is 7.62. The van der Waals surface area contributed by atoms with Crippen LogP contribution < -0.4 is 5.32 Å². The molecule has 23 heavy (non-hydrogen) atoms. The van der Waals surface area contributed by atoms with Crippen LogP contribution in [0, 0.1) is 5.82 Å². The maximum atomic E-state index is 13.1. The third kappa shape index (κ3) is 3.05. The highest BCUT2D eigenvalue weighted by Gasteiger charge is 2.26. The van der Waals surface area contributed by atoms with Crippen LogP contribution in [0.4, 0.5) is 4.39 Å². The van der Waals surface area contributed by atoms with Gasteiger partial charge in [0.15, 0.2) is 0 Å². The predicted octanol–water partition coefficient (Wildman–Crippen LogP) is 3.76. The summed E-state index contributed by atoms with van der Waals surface area (Å²) in [6.45, 7) is 2.71. The molecule has 122 valence electrons. The van der Waals surface area contributed by atoms with Crippen molar-refractivity contribution in [1.82, 2.24) is 15.1 Å². The van der Waals surface area contributed by atoms with Gasteiger partial charge < -0.3 is 5.32 Å². The van der Waals surface area contributed by atoms with E-state index in [2.05, 4.69) is 10.00 Å². The normalized spacial score (nSPS) is 18.8. The zero-order chi connectivity index (χ0) is 15.6. The Balaban J connectivity index is 1.66. The molecule has 0 amide bonds. The molecule has 4 rings (SSSR count). The molecule has 2 aromatic rings. The topological polar surface area (TPSA) is 29.9 Å². The lowest BCUT2D eigenvalue weighted by Crippen LogP contribution is -2.25. The molecular formula is C19H24FN3. The average molecular weight is 313 g/mol. The molecule has 1 aliphatic heterocycles. The zero-order valence-electron chi connectivity index (χ0n) is 13.5. The van der Waals surface area contributed by atoms with Gasteiger partial charge >= 0.3 is 0 Å². The number of hydrogen-bond acceptors (Lipinski definition) is 2. The fourth-order valence-corrected chi connectivity index (χ4v) is 4.04. The van der Waals surface area contributed by atoms with E-state index in [-0.39, 0.29) is 5.82 Å². The van der Waals surface area contributed by atoms with Crippen molar-refractivity contribution in [3.8, 4) is 0 Å². The molecule has 1 saturated carbocycles. The van der Waals surface area contributed by atoms with Gasteiger partial charge in [0.2, 0.25) is 0 Å². The third-order valence-corrected chi connectivity index (χ3v) is 5.28. The summed E-state index contributed by atoms with van der Waals surface area (Å²) < 4.78 is 15.3. The van der Waals surface area contributed by atoms with Crippen LogP contribution in [0.5, 0.6) is 0 Å². The van der Waals surface area contributed by atoms with Gasteiger partial charge in [0.1, 0.15) is 5.82 Å². The van der Waals surface area contributed by atoms with Crippen molar-refractivity contribution in [3.63, 3.8) is 0 Å². The number of aromatic nitrogens is 2. The lowest BCUT2D eigenvalue weighted by Gasteiger charge is -2.22. The van der Waals surface area contributed by atoms with E-state index in [9.17, 15) is 4.39 Å². The van der Waals surface area contributed by atoms with Crippen molar-refractivity contribution >= 4 is 0 Å². The molecule has 3 nitrogen and oxygen atoms in total. The van der Waals surface area contributed by atoms with Gasteiger partial charge in [0, 0.05) is 36.7 Å². The average Bonchev–Trinajstić information content (AvgIpc) is 2.97. The Hall–Kier alpha value is -1.68. The van der Waals surface area contributed by atoms with Gasteiger partial charge in [-0.2, -0.15) is 5.10 Å². The first kappa shape index (κ1) is 14.9. The van der Waals surface area contributed by atoms with Crippen molar-refractivity contribution in [2.45, 2.75) is 57.5 Å². The molecule has 2 aliphatic rings. The molecule has 0 unspecified atom stereocenters. The van der Waals surface area contributed by atoms with E-state index in [0.29, 0.717) is 5.92 Å². The third-order valence-electron chi connectivity index (χ3n) is 5.28. The highest BCUT2D eigenvalue weighted by atomic mass is 19.1. The molecule has 1 N–H and O–H groups in total. The predicted molar refractivity (Wildman–Crippen MR) is 89.0 cm³/mol. The molecule has 0 saturated heterocycles. The number of nitrogens with one attached hydrogen (secondary N) is 1. The summed E-state index contributed by atoms with van der Waals surface area (Å²) in [6, 6.07) is 6.80. The van der Waals surface area contributed by atoms with Gasteiger partial charge in [0.25, 0.3) is 0 Å². The number of benzene rings is 1. The minimum atomic E-state index is -0.177. The van der Waals surface area contributed by atoms with Crippen LogP contribution in [-0.4, -0.2) is 16.3 Å². The maximum Gasteiger partial charge on any atom is 0.123 e. The smallest absolute Gasteiger partial charge is 0.123 e. The van der Waals surface area contributed by atoms with Crippen LogP contribution in [0.2, 0.25) is 0 Å². The first-order valence-electron chi connectivity index (χ1n) is 8.85. The maximum absolute atomic E-state index is 13.1. The first-order chi connectivity index (χ1) is 11.3. The zero-order valence-corrected chi connectivity index (χ0v) is 13.5. The summed E-state index contributed by atoms with van der Waals surface area (Å²) >= 11 is 0. The number of rotatable bonds is 3. The van der Waals surface area contributed by atoms with Crippen molar-refractivity contribution < 1.29 is 4.39 Å². The van der Waals surface area contributed by atoms with Crippen LogP contribution in [0.25, 0.3) is 0 Å². The Morgan fingerprint density at radius 2 is 1.91 bits per heavy atom. The van der Waals surface area contributed by atoms with Gasteiger partial charge in [-0.05, 0) is 30.5 Å². The second-order valence-corrected chi connectivity index (χ2v) is 6.86. The number of fused-ring (bicyclic) bond motifs is 1. The lowest BCUT2D eigenvalue weighted by molar-refractivity contribution is 0.430. The molecule has 0 atom stereocenters. The molecule has 0 radical (unpaired) electrons. The molecule has 1 fully saturated rings. The Kier molecular flexibility index (Phi) is 4.17. The molecule has 4 heteroatoms. The van der Waals surface area contributed by atoms with Crippen molar-refractivity contribution in [1.29, 1.82) is 0 Å². The molecule has 2 heterocycles. The molecule has 1 aromatic heterocycles. The van der Waals surface area contributed by atoms with Gasteiger partial charge in [-0.1, -0.05) is 31.4 Å². The first-order valence-corrected chi connectivity index (χ1v) is 8.85. The second-order valence-electron chi connectivity index (χ2n) is 6.86. The summed E-state index contributed by atoms with van der Waals surface area (Å²) in [5, 5.41) is 8.52. The van der Waals surface area contributed by atoms with E-state index < -0.39 is 0 Å².